The molecule has 5 nitrogen and oxygen atoms in total. The third kappa shape index (κ3) is 2.04. The average molecular weight is 326 g/mol. The van der Waals surface area contributed by atoms with Gasteiger partial charge in [0.1, 0.15) is 17.7 Å². The number of hydrogen-bond acceptors (Lipinski definition) is 3. The van der Waals surface area contributed by atoms with Crippen molar-refractivity contribution in [3.63, 3.8) is 0 Å². The smallest absolute Gasteiger partial charge is 0.271 e. The molecular formula is C17H12ClN3O2. The molecule has 0 bridgehead atoms. The zero-order valence-corrected chi connectivity index (χ0v) is 12.7. The van der Waals surface area contributed by atoms with Gasteiger partial charge in [-0.3, -0.25) is 9.59 Å². The topological polar surface area (TPSA) is 55.2 Å². The Labute approximate surface area is 136 Å². The predicted molar refractivity (Wildman–Crippen MR) is 88.1 cm³/mol. The normalized spacial score (nSPS) is 20.6. The molecule has 6 heteroatoms. The molecule has 1 aromatic heterocycles. The van der Waals surface area contributed by atoms with E-state index in [-0.39, 0.29) is 17.5 Å². The molecule has 1 saturated heterocycles. The molecule has 2 aromatic carbocycles. The van der Waals surface area contributed by atoms with Gasteiger partial charge >= 0.3 is 0 Å². The summed E-state index contributed by atoms with van der Waals surface area (Å²) >= 11 is 6.19. The maximum atomic E-state index is 12.7. The molecule has 0 aliphatic carbocycles. The standard InChI is InChI=1S/C17H12ClN3O2/c18-14-15(11-6-2-1-3-7-11)21(17(14)23)20-10-19-13-9-5-4-8-12(13)16(20)22/h1-10,14-15H/t14-,15-/m1/s1. The number of carbonyl (C=O) groups excluding carboxylic acids is 1. The van der Waals surface area contributed by atoms with Gasteiger partial charge < -0.3 is 0 Å². The van der Waals surface area contributed by atoms with Gasteiger partial charge in [-0.05, 0) is 17.7 Å². The van der Waals surface area contributed by atoms with E-state index >= 15 is 0 Å². The first kappa shape index (κ1) is 14.0. The molecule has 23 heavy (non-hydrogen) atoms. The van der Waals surface area contributed by atoms with Crippen molar-refractivity contribution in [3.05, 3.63) is 76.8 Å². The number of hydrogen-bond donors (Lipinski definition) is 0. The van der Waals surface area contributed by atoms with Crippen LogP contribution in [0.2, 0.25) is 0 Å². The summed E-state index contributed by atoms with van der Waals surface area (Å²) in [5.41, 5.74) is 1.20. The van der Waals surface area contributed by atoms with Gasteiger partial charge in [0.15, 0.2) is 0 Å². The van der Waals surface area contributed by atoms with Gasteiger partial charge in [0.25, 0.3) is 11.5 Å². The molecular weight excluding hydrogens is 314 g/mol. The zero-order chi connectivity index (χ0) is 16.0. The Morgan fingerprint density at radius 1 is 0.957 bits per heavy atom. The lowest BCUT2D eigenvalue weighted by Crippen LogP contribution is -2.64. The monoisotopic (exact) mass is 325 g/mol. The van der Waals surface area contributed by atoms with E-state index in [1.807, 2.05) is 36.4 Å². The van der Waals surface area contributed by atoms with Gasteiger partial charge in [0.05, 0.1) is 10.9 Å². The number of amides is 1. The lowest BCUT2D eigenvalue weighted by molar-refractivity contribution is -0.126. The van der Waals surface area contributed by atoms with E-state index in [2.05, 4.69) is 4.98 Å². The second-order valence-electron chi connectivity index (χ2n) is 5.35. The third-order valence-electron chi connectivity index (χ3n) is 4.02. The second kappa shape index (κ2) is 5.21. The number of β-lactam (4-membered cyclic amide) rings is 1. The number of carbonyl (C=O) groups is 1. The van der Waals surface area contributed by atoms with E-state index in [9.17, 15) is 9.59 Å². The number of aromatic nitrogens is 2. The van der Waals surface area contributed by atoms with Crippen LogP contribution in [0.4, 0.5) is 0 Å². The van der Waals surface area contributed by atoms with E-state index in [1.165, 1.54) is 16.0 Å². The number of fused-ring (bicyclic) bond motifs is 1. The van der Waals surface area contributed by atoms with Crippen LogP contribution in [-0.2, 0) is 4.79 Å². The Kier molecular flexibility index (Phi) is 3.16. The Bertz CT molecular complexity index is 955. The van der Waals surface area contributed by atoms with Crippen molar-refractivity contribution in [2.75, 3.05) is 5.01 Å². The molecule has 0 unspecified atom stereocenters. The van der Waals surface area contributed by atoms with Crippen molar-refractivity contribution < 1.29 is 4.79 Å². The summed E-state index contributed by atoms with van der Waals surface area (Å²) in [7, 11) is 0. The molecule has 0 radical (unpaired) electrons. The highest BCUT2D eigenvalue weighted by molar-refractivity contribution is 6.36. The van der Waals surface area contributed by atoms with Crippen LogP contribution in [0, 0.1) is 0 Å². The SMILES string of the molecule is O=C1[C@H](Cl)[C@@H](c2ccccc2)N1n1cnc2ccccc2c1=O. The van der Waals surface area contributed by atoms with Crippen molar-refractivity contribution in [2.45, 2.75) is 11.4 Å². The number of halogens is 1. The molecule has 0 N–H and O–H groups in total. The van der Waals surface area contributed by atoms with Gasteiger partial charge in [-0.1, -0.05) is 42.5 Å². The lowest BCUT2D eigenvalue weighted by atomic mass is 9.95. The summed E-state index contributed by atoms with van der Waals surface area (Å²) in [5, 5.41) is 1.15. The second-order valence-corrected chi connectivity index (χ2v) is 5.82. The maximum absolute atomic E-state index is 12.7. The van der Waals surface area contributed by atoms with Gasteiger partial charge in [0.2, 0.25) is 0 Å². The first-order valence-electron chi connectivity index (χ1n) is 7.17. The molecule has 0 spiro atoms. The number of para-hydroxylation sites is 1. The molecule has 1 amide bonds. The van der Waals surface area contributed by atoms with Gasteiger partial charge in [-0.25, -0.2) is 14.7 Å². The summed E-state index contributed by atoms with van der Waals surface area (Å²) in [6.07, 6.45) is 1.38. The number of rotatable bonds is 2. The van der Waals surface area contributed by atoms with Crippen LogP contribution >= 0.6 is 11.6 Å². The largest absolute Gasteiger partial charge is 0.280 e. The highest BCUT2D eigenvalue weighted by Crippen LogP contribution is 2.36. The zero-order valence-electron chi connectivity index (χ0n) is 12.0. The maximum Gasteiger partial charge on any atom is 0.280 e. The van der Waals surface area contributed by atoms with Crippen molar-refractivity contribution in [3.8, 4) is 0 Å². The number of benzene rings is 2. The van der Waals surface area contributed by atoms with Gasteiger partial charge in [-0.2, -0.15) is 0 Å². The van der Waals surface area contributed by atoms with Gasteiger partial charge in [-0.15, -0.1) is 11.6 Å². The van der Waals surface area contributed by atoms with Crippen LogP contribution in [0.15, 0.2) is 65.7 Å². The molecule has 3 aromatic rings. The Morgan fingerprint density at radius 2 is 1.65 bits per heavy atom. The Balaban J connectivity index is 1.85. The fourth-order valence-corrected chi connectivity index (χ4v) is 3.21. The summed E-state index contributed by atoms with van der Waals surface area (Å²) in [6.45, 7) is 0. The number of nitrogens with zero attached hydrogens (tertiary/aromatic N) is 3. The minimum absolute atomic E-state index is 0.284. The van der Waals surface area contributed by atoms with E-state index in [0.29, 0.717) is 10.9 Å². The van der Waals surface area contributed by atoms with Crippen LogP contribution < -0.4 is 10.6 Å². The van der Waals surface area contributed by atoms with Crippen LogP contribution in [-0.4, -0.2) is 20.9 Å². The Morgan fingerprint density at radius 3 is 2.43 bits per heavy atom. The van der Waals surface area contributed by atoms with Crippen LogP contribution in [0.5, 0.6) is 0 Å². The molecule has 0 saturated carbocycles. The minimum Gasteiger partial charge on any atom is -0.271 e. The fourth-order valence-electron chi connectivity index (χ4n) is 2.85. The molecule has 114 valence electrons. The third-order valence-corrected chi connectivity index (χ3v) is 4.45. The molecule has 1 aliphatic heterocycles. The highest BCUT2D eigenvalue weighted by Gasteiger charge is 2.49. The number of alkyl halides is 1. The molecule has 1 fully saturated rings. The summed E-state index contributed by atoms with van der Waals surface area (Å²) in [6, 6.07) is 16.1. The summed E-state index contributed by atoms with van der Waals surface area (Å²) in [4.78, 5) is 29.2. The Hall–Kier alpha value is -2.66. The quantitative estimate of drug-likeness (QED) is 0.536. The fraction of sp³-hybridized carbons (Fsp3) is 0.118. The van der Waals surface area contributed by atoms with Crippen molar-refractivity contribution in [1.82, 2.24) is 9.66 Å². The van der Waals surface area contributed by atoms with Crippen LogP contribution in [0.1, 0.15) is 11.6 Å². The first-order valence-corrected chi connectivity index (χ1v) is 7.61. The van der Waals surface area contributed by atoms with Crippen molar-refractivity contribution in [2.24, 2.45) is 0 Å². The van der Waals surface area contributed by atoms with E-state index in [1.54, 1.807) is 18.2 Å². The van der Waals surface area contributed by atoms with Crippen molar-refractivity contribution >= 4 is 28.4 Å². The average Bonchev–Trinajstić information content (AvgIpc) is 2.61. The molecule has 2 heterocycles. The van der Waals surface area contributed by atoms with E-state index in [0.717, 1.165) is 5.56 Å². The van der Waals surface area contributed by atoms with Gasteiger partial charge in [0, 0.05) is 0 Å². The molecule has 2 atom stereocenters. The van der Waals surface area contributed by atoms with E-state index in [4.69, 9.17) is 11.6 Å². The molecule has 1 aliphatic rings. The minimum atomic E-state index is -0.684. The summed E-state index contributed by atoms with van der Waals surface area (Å²) < 4.78 is 1.25. The first-order chi connectivity index (χ1) is 11.2. The highest BCUT2D eigenvalue weighted by atomic mass is 35.5. The lowest BCUT2D eigenvalue weighted by Gasteiger charge is -2.44. The summed E-state index contributed by atoms with van der Waals surface area (Å²) in [5.74, 6) is -0.306. The predicted octanol–water partition coefficient (Wildman–Crippen LogP) is 2.22. The molecule has 4 rings (SSSR count). The van der Waals surface area contributed by atoms with Crippen molar-refractivity contribution in [1.29, 1.82) is 0 Å². The van der Waals surface area contributed by atoms with Crippen LogP contribution in [0.3, 0.4) is 0 Å². The van der Waals surface area contributed by atoms with E-state index < -0.39 is 5.38 Å². The van der Waals surface area contributed by atoms with Crippen LogP contribution in [0.25, 0.3) is 10.9 Å².